The van der Waals surface area contributed by atoms with Gasteiger partial charge in [-0.05, 0) is 50.1 Å². The Kier molecular flexibility index (Phi) is 4.95. The molecule has 0 fully saturated rings. The Morgan fingerprint density at radius 1 is 1.25 bits per heavy atom. The molecule has 2 aromatic rings. The highest BCUT2D eigenvalue weighted by Gasteiger charge is 2.09. The monoisotopic (exact) mass is 354 g/mol. The second-order valence-electron chi connectivity index (χ2n) is 6.03. The normalized spacial score (nSPS) is 11.8. The molecule has 20 heavy (non-hydrogen) atoms. The molecule has 1 aromatic heterocycles. The van der Waals surface area contributed by atoms with Gasteiger partial charge in [0.25, 0.3) is 0 Å². The van der Waals surface area contributed by atoms with Crippen molar-refractivity contribution in [3.8, 4) is 0 Å². The number of aromatic nitrogens is 1. The van der Waals surface area contributed by atoms with Crippen molar-refractivity contribution in [2.75, 3.05) is 0 Å². The summed E-state index contributed by atoms with van der Waals surface area (Å²) >= 11 is 9.68. The largest absolute Gasteiger partial charge is 0.350 e. The third-order valence-corrected chi connectivity index (χ3v) is 3.85. The Morgan fingerprint density at radius 3 is 2.65 bits per heavy atom. The van der Waals surface area contributed by atoms with Crippen LogP contribution in [0.5, 0.6) is 0 Å². The fraction of sp³-hybridized carbons (Fsp3) is 0.375. The Hall–Kier alpha value is -0.770. The molecule has 108 valence electrons. The van der Waals surface area contributed by atoms with E-state index in [4.69, 9.17) is 11.6 Å². The van der Waals surface area contributed by atoms with E-state index >= 15 is 0 Å². The number of hydrogen-bond donors (Lipinski definition) is 1. The summed E-state index contributed by atoms with van der Waals surface area (Å²) in [5.41, 5.74) is 2.55. The second-order valence-corrected chi connectivity index (χ2v) is 7.35. The van der Waals surface area contributed by atoms with E-state index in [9.17, 15) is 0 Å². The molecule has 0 amide bonds. The summed E-state index contributed by atoms with van der Waals surface area (Å²) in [6.45, 7) is 8.19. The van der Waals surface area contributed by atoms with Gasteiger partial charge in [0.15, 0.2) is 0 Å². The molecule has 0 atom stereocenters. The number of hydrogen-bond acceptors (Lipinski definition) is 1. The fourth-order valence-corrected chi connectivity index (χ4v) is 2.64. The minimum atomic E-state index is 0.136. The van der Waals surface area contributed by atoms with Crippen LogP contribution in [0, 0.1) is 0 Å². The maximum atomic E-state index is 6.25. The predicted molar refractivity (Wildman–Crippen MR) is 89.3 cm³/mol. The molecule has 1 heterocycles. The van der Waals surface area contributed by atoms with Crippen LogP contribution in [0.15, 0.2) is 41.1 Å². The molecular formula is C16H20BrClN2. The summed E-state index contributed by atoms with van der Waals surface area (Å²) in [6, 6.07) is 8.15. The molecule has 2 rings (SSSR count). The molecule has 0 saturated heterocycles. The van der Waals surface area contributed by atoms with Crippen molar-refractivity contribution in [1.29, 1.82) is 0 Å². The second kappa shape index (κ2) is 6.33. The molecule has 0 spiro atoms. The molecule has 1 aromatic carbocycles. The van der Waals surface area contributed by atoms with Crippen LogP contribution >= 0.6 is 27.5 Å². The first-order chi connectivity index (χ1) is 9.33. The van der Waals surface area contributed by atoms with Gasteiger partial charge in [0.2, 0.25) is 0 Å². The third-order valence-electron chi connectivity index (χ3n) is 3.00. The van der Waals surface area contributed by atoms with Crippen molar-refractivity contribution in [2.24, 2.45) is 0 Å². The van der Waals surface area contributed by atoms with Gasteiger partial charge in [0, 0.05) is 40.5 Å². The highest BCUT2D eigenvalue weighted by Crippen LogP contribution is 2.22. The van der Waals surface area contributed by atoms with Gasteiger partial charge in [-0.2, -0.15) is 0 Å². The van der Waals surface area contributed by atoms with Crippen LogP contribution in [-0.4, -0.2) is 10.1 Å². The molecule has 0 bridgehead atoms. The topological polar surface area (TPSA) is 17.0 Å². The van der Waals surface area contributed by atoms with Crippen LogP contribution in [0.1, 0.15) is 31.9 Å². The maximum absolute atomic E-state index is 6.25. The van der Waals surface area contributed by atoms with Crippen molar-refractivity contribution < 1.29 is 0 Å². The van der Waals surface area contributed by atoms with Gasteiger partial charge in [-0.3, -0.25) is 0 Å². The SMILES string of the molecule is CC(C)(C)NCc1ccn(Cc2ccc(Br)cc2Cl)c1. The molecule has 0 aliphatic carbocycles. The lowest BCUT2D eigenvalue weighted by Gasteiger charge is -2.19. The number of benzene rings is 1. The van der Waals surface area contributed by atoms with Gasteiger partial charge >= 0.3 is 0 Å². The fourth-order valence-electron chi connectivity index (χ4n) is 1.91. The molecule has 4 heteroatoms. The summed E-state index contributed by atoms with van der Waals surface area (Å²) in [5.74, 6) is 0. The molecule has 0 saturated carbocycles. The van der Waals surface area contributed by atoms with E-state index < -0.39 is 0 Å². The standard InChI is InChI=1S/C16H20BrClN2/c1-16(2,3)19-9-12-6-7-20(10-12)11-13-4-5-14(17)8-15(13)18/h4-8,10,19H,9,11H2,1-3H3. The lowest BCUT2D eigenvalue weighted by molar-refractivity contribution is 0.424. The number of rotatable bonds is 4. The van der Waals surface area contributed by atoms with Gasteiger partial charge in [-0.1, -0.05) is 33.6 Å². The Bertz CT molecular complexity index is 584. The average Bonchev–Trinajstić information content (AvgIpc) is 2.77. The highest BCUT2D eigenvalue weighted by atomic mass is 79.9. The summed E-state index contributed by atoms with van der Waals surface area (Å²) < 4.78 is 3.17. The van der Waals surface area contributed by atoms with E-state index in [1.165, 1.54) is 5.56 Å². The van der Waals surface area contributed by atoms with E-state index in [0.29, 0.717) is 0 Å². The number of nitrogens with zero attached hydrogens (tertiary/aromatic N) is 1. The first-order valence-corrected chi connectivity index (χ1v) is 7.84. The molecule has 0 radical (unpaired) electrons. The zero-order chi connectivity index (χ0) is 14.8. The number of halogens is 2. The Balaban J connectivity index is 2.02. The van der Waals surface area contributed by atoms with E-state index in [0.717, 1.165) is 28.1 Å². The lowest BCUT2D eigenvalue weighted by Crippen LogP contribution is -2.34. The van der Waals surface area contributed by atoms with Crippen LogP contribution in [0.25, 0.3) is 0 Å². The Labute approximate surface area is 134 Å². The summed E-state index contributed by atoms with van der Waals surface area (Å²) in [6.07, 6.45) is 4.26. The van der Waals surface area contributed by atoms with E-state index in [1.807, 2.05) is 12.1 Å². The van der Waals surface area contributed by atoms with E-state index in [2.05, 4.69) is 71.1 Å². The first-order valence-electron chi connectivity index (χ1n) is 6.67. The van der Waals surface area contributed by atoms with Crippen LogP contribution in [-0.2, 0) is 13.1 Å². The third kappa shape index (κ3) is 4.65. The summed E-state index contributed by atoms with van der Waals surface area (Å²) in [5, 5.41) is 4.28. The lowest BCUT2D eigenvalue weighted by atomic mass is 10.1. The van der Waals surface area contributed by atoms with Gasteiger partial charge in [-0.15, -0.1) is 0 Å². The van der Waals surface area contributed by atoms with Crippen molar-refractivity contribution >= 4 is 27.5 Å². The van der Waals surface area contributed by atoms with Crippen LogP contribution in [0.2, 0.25) is 5.02 Å². The van der Waals surface area contributed by atoms with Gasteiger partial charge in [0.1, 0.15) is 0 Å². The zero-order valence-electron chi connectivity index (χ0n) is 12.1. The van der Waals surface area contributed by atoms with Crippen LogP contribution < -0.4 is 5.32 Å². The first kappa shape index (κ1) is 15.6. The minimum absolute atomic E-state index is 0.136. The van der Waals surface area contributed by atoms with E-state index in [1.54, 1.807) is 0 Å². The smallest absolute Gasteiger partial charge is 0.0485 e. The van der Waals surface area contributed by atoms with Crippen molar-refractivity contribution in [3.63, 3.8) is 0 Å². The number of nitrogens with one attached hydrogen (secondary N) is 1. The van der Waals surface area contributed by atoms with Crippen LogP contribution in [0.3, 0.4) is 0 Å². The predicted octanol–water partition coefficient (Wildman–Crippen LogP) is 4.84. The van der Waals surface area contributed by atoms with Crippen molar-refractivity contribution in [2.45, 2.75) is 39.4 Å². The molecule has 2 nitrogen and oxygen atoms in total. The average molecular weight is 356 g/mol. The van der Waals surface area contributed by atoms with Gasteiger partial charge in [0.05, 0.1) is 0 Å². The molecule has 1 N–H and O–H groups in total. The van der Waals surface area contributed by atoms with Gasteiger partial charge < -0.3 is 9.88 Å². The van der Waals surface area contributed by atoms with E-state index in [-0.39, 0.29) is 5.54 Å². The summed E-state index contributed by atoms with van der Waals surface area (Å²) in [4.78, 5) is 0. The van der Waals surface area contributed by atoms with Crippen molar-refractivity contribution in [3.05, 3.63) is 57.3 Å². The zero-order valence-corrected chi connectivity index (χ0v) is 14.4. The molecule has 0 aliphatic heterocycles. The molecule has 0 aliphatic rings. The van der Waals surface area contributed by atoms with Gasteiger partial charge in [-0.25, -0.2) is 0 Å². The summed E-state index contributed by atoms with van der Waals surface area (Å²) in [7, 11) is 0. The maximum Gasteiger partial charge on any atom is 0.0485 e. The van der Waals surface area contributed by atoms with Crippen LogP contribution in [0.4, 0.5) is 0 Å². The van der Waals surface area contributed by atoms with Crippen molar-refractivity contribution in [1.82, 2.24) is 9.88 Å². The molecular weight excluding hydrogens is 336 g/mol. The molecule has 0 unspecified atom stereocenters. The highest BCUT2D eigenvalue weighted by molar-refractivity contribution is 9.10. The quantitative estimate of drug-likeness (QED) is 0.830. The minimum Gasteiger partial charge on any atom is -0.350 e. The Morgan fingerprint density at radius 2 is 2.00 bits per heavy atom.